The first-order chi connectivity index (χ1) is 37.7. The van der Waals surface area contributed by atoms with Crippen LogP contribution >= 0.6 is 19.2 Å². The Balaban J connectivity index is 0.615. The summed E-state index contributed by atoms with van der Waals surface area (Å²) in [5.74, 6) is -5.02. The van der Waals surface area contributed by atoms with Crippen molar-refractivity contribution in [1.29, 1.82) is 0 Å². The lowest BCUT2D eigenvalue weighted by atomic mass is 9.61. The second-order valence-electron chi connectivity index (χ2n) is 18.5. The number of carbonyl (C=O) groups excluding carboxylic acids is 1. The van der Waals surface area contributed by atoms with Crippen LogP contribution in [-0.4, -0.2) is 217 Å². The summed E-state index contributed by atoms with van der Waals surface area (Å²) in [5, 5.41) is 34.5. The second-order valence-corrected chi connectivity index (χ2v) is 20.4. The van der Waals surface area contributed by atoms with Crippen LogP contribution in [0, 0.1) is 22.9 Å². The molecule has 4 atom stereocenters. The van der Waals surface area contributed by atoms with E-state index in [0.717, 1.165) is 38.8 Å². The second kappa shape index (κ2) is 31.2. The molecule has 2 saturated heterocycles. The maximum atomic E-state index is 13.6. The van der Waals surface area contributed by atoms with E-state index < -0.39 is 67.7 Å². The zero-order valence-electron chi connectivity index (χ0n) is 42.8. The smallest absolute Gasteiger partial charge is 0.350 e. The highest BCUT2D eigenvalue weighted by Crippen LogP contribution is 2.51. The maximum Gasteiger partial charge on any atom is 0.350 e. The summed E-state index contributed by atoms with van der Waals surface area (Å²) in [6.45, 7) is 7.53. The van der Waals surface area contributed by atoms with E-state index in [1.807, 2.05) is 0 Å². The molecule has 3 fully saturated rings. The Kier molecular flexibility index (Phi) is 24.6. The van der Waals surface area contributed by atoms with Gasteiger partial charge in [0.2, 0.25) is 11.0 Å². The minimum Gasteiger partial charge on any atom is -0.420 e. The molecule has 3 aromatic heterocycles. The van der Waals surface area contributed by atoms with Crippen molar-refractivity contribution in [1.82, 2.24) is 34.7 Å². The number of hydrogen-bond donors (Lipinski definition) is 4. The quantitative estimate of drug-likeness (QED) is 0.0166. The molecular weight excluding hydrogens is 1090 g/mol. The standard InChI is InChI=1S/C47H67ClF3N8O18P/c48-46-53-43(35-27-52-59(44(35)54-46)45-41(62)40(61)38(76-45)30-74-31-78(63,64)65)57-4-2-47(3-5-57)25-34(26-47)75-22-21-72-18-17-70-15-16-71-19-20-73-29-33-28-58(56-55-33)6-8-67-10-12-69-14-13-68-11-9-66-7-1-39(60)77-42-36(50)23-32(49)24-37(42)51/h23-24,27-28,34,38,40-41,45,61-62H,1-22,25-26,29-31H2,(H2,63,64,65)/t38-,40-,41-,45-/m1/s1. The third-order valence-electron chi connectivity index (χ3n) is 12.7. The first kappa shape index (κ1) is 61.5. The number of piperidine rings is 1. The van der Waals surface area contributed by atoms with Gasteiger partial charge in [-0.25, -0.2) is 22.5 Å². The molecule has 4 N–H and O–H groups in total. The summed E-state index contributed by atoms with van der Waals surface area (Å²) >= 11 is 6.38. The van der Waals surface area contributed by atoms with Crippen LogP contribution < -0.4 is 9.64 Å². The van der Waals surface area contributed by atoms with Crippen molar-refractivity contribution >= 4 is 42.0 Å². The molecule has 2 aliphatic heterocycles. The van der Waals surface area contributed by atoms with Crippen LogP contribution in [-0.2, 0) is 74.6 Å². The minimum atomic E-state index is -4.43. The molecule has 3 aliphatic rings. The Morgan fingerprint density at radius 3 is 1.96 bits per heavy atom. The number of hydrogen-bond acceptors (Lipinski definition) is 22. The number of rotatable bonds is 37. The fourth-order valence-corrected chi connectivity index (χ4v) is 9.29. The Morgan fingerprint density at radius 2 is 1.35 bits per heavy atom. The molecule has 7 rings (SSSR count). The summed E-state index contributed by atoms with van der Waals surface area (Å²) in [5.41, 5.74) is 1.16. The van der Waals surface area contributed by atoms with E-state index in [-0.39, 0.29) is 56.3 Å². The lowest BCUT2D eigenvalue weighted by Gasteiger charge is -2.52. The van der Waals surface area contributed by atoms with Gasteiger partial charge in [0, 0.05) is 25.2 Å². The molecule has 0 bridgehead atoms. The van der Waals surface area contributed by atoms with Gasteiger partial charge in [0.1, 0.15) is 42.0 Å². The van der Waals surface area contributed by atoms with Crippen molar-refractivity contribution in [2.45, 2.75) is 75.9 Å². The van der Waals surface area contributed by atoms with Crippen LogP contribution in [0.5, 0.6) is 5.75 Å². The van der Waals surface area contributed by atoms with Crippen LogP contribution in [0.4, 0.5) is 19.0 Å². The number of aliphatic hydroxyl groups excluding tert-OH is 2. The molecule has 4 aromatic rings. The van der Waals surface area contributed by atoms with Gasteiger partial charge >= 0.3 is 13.6 Å². The number of aliphatic hydroxyl groups is 2. The van der Waals surface area contributed by atoms with Crippen molar-refractivity contribution in [2.75, 3.05) is 137 Å². The fourth-order valence-electron chi connectivity index (χ4n) is 8.78. The lowest BCUT2D eigenvalue weighted by Crippen LogP contribution is -2.50. The normalized spacial score (nSPS) is 19.6. The molecular formula is C47H67ClF3N8O18P. The molecule has 0 radical (unpaired) electrons. The van der Waals surface area contributed by atoms with Crippen LogP contribution in [0.15, 0.2) is 24.5 Å². The van der Waals surface area contributed by atoms with Gasteiger partial charge in [-0.3, -0.25) is 9.36 Å². The average Bonchev–Trinajstić information content (AvgIpc) is 4.25. The molecule has 1 aliphatic carbocycles. The van der Waals surface area contributed by atoms with Gasteiger partial charge in [-0.15, -0.1) is 5.10 Å². The zero-order chi connectivity index (χ0) is 55.3. The van der Waals surface area contributed by atoms with Crippen LogP contribution in [0.1, 0.15) is 44.0 Å². The highest BCUT2D eigenvalue weighted by molar-refractivity contribution is 7.51. The monoisotopic (exact) mass is 1150 g/mol. The molecule has 78 heavy (non-hydrogen) atoms. The predicted molar refractivity (Wildman–Crippen MR) is 264 cm³/mol. The molecule has 31 heteroatoms. The van der Waals surface area contributed by atoms with Gasteiger partial charge in [0.25, 0.3) is 0 Å². The van der Waals surface area contributed by atoms with Crippen LogP contribution in [0.3, 0.4) is 0 Å². The van der Waals surface area contributed by atoms with Gasteiger partial charge < -0.3 is 81.7 Å². The van der Waals surface area contributed by atoms with Gasteiger partial charge in [0.15, 0.2) is 23.5 Å². The minimum absolute atomic E-state index is 0.0211. The number of ether oxygens (including phenoxy) is 12. The molecule has 1 aromatic carbocycles. The summed E-state index contributed by atoms with van der Waals surface area (Å²) in [4.78, 5) is 40.9. The third kappa shape index (κ3) is 19.3. The topological polar surface area (TPSA) is 303 Å². The third-order valence-corrected chi connectivity index (χ3v) is 13.4. The highest BCUT2D eigenvalue weighted by Gasteiger charge is 2.48. The fraction of sp³-hybridized carbons (Fsp3) is 0.702. The van der Waals surface area contributed by atoms with Crippen LogP contribution in [0.2, 0.25) is 5.28 Å². The Morgan fingerprint density at radius 1 is 0.769 bits per heavy atom. The van der Waals surface area contributed by atoms with Crippen molar-refractivity contribution < 1.29 is 99.4 Å². The van der Waals surface area contributed by atoms with Crippen molar-refractivity contribution in [3.63, 3.8) is 0 Å². The van der Waals surface area contributed by atoms with Gasteiger partial charge in [-0.1, -0.05) is 5.21 Å². The number of nitrogens with zero attached hydrogens (tertiary/aromatic N) is 8. The van der Waals surface area contributed by atoms with E-state index in [1.165, 1.54) is 4.68 Å². The molecule has 0 unspecified atom stereocenters. The molecule has 436 valence electrons. The Labute approximate surface area is 451 Å². The van der Waals surface area contributed by atoms with E-state index in [0.29, 0.717) is 127 Å². The number of carbonyl (C=O) groups is 1. The Bertz CT molecular complexity index is 2480. The SMILES string of the molecule is O=C(CCOCCOCCOCCOCCn1cc(COCCOCCOCCOCCOC2CC3(CCN(c4nc(Cl)nc5c4cnn5[C@@H]4O[C@H](COCP(=O)(O)O)[C@@H](O)[C@H]4O)CC3)C2)nn1)Oc1c(F)cc(F)cc1F. The molecule has 1 saturated carbocycles. The summed E-state index contributed by atoms with van der Waals surface area (Å²) in [6, 6.07) is 0.838. The van der Waals surface area contributed by atoms with E-state index >= 15 is 0 Å². The van der Waals surface area contributed by atoms with Crippen molar-refractivity contribution in [3.05, 3.63) is 53.0 Å². The molecule has 5 heterocycles. The van der Waals surface area contributed by atoms with E-state index in [4.69, 9.17) is 73.5 Å². The summed E-state index contributed by atoms with van der Waals surface area (Å²) in [6.07, 6.45) is 1.15. The van der Waals surface area contributed by atoms with Gasteiger partial charge in [0.05, 0.1) is 156 Å². The average molecular weight is 1160 g/mol. The van der Waals surface area contributed by atoms with Crippen molar-refractivity contribution in [2.24, 2.45) is 5.41 Å². The first-order valence-corrected chi connectivity index (χ1v) is 27.6. The molecule has 0 amide bonds. The summed E-state index contributed by atoms with van der Waals surface area (Å²) < 4.78 is 120. The number of aromatic nitrogens is 7. The van der Waals surface area contributed by atoms with Crippen molar-refractivity contribution in [3.8, 4) is 5.75 Å². The Hall–Kier alpha value is -4.11. The van der Waals surface area contributed by atoms with Gasteiger partial charge in [-0.2, -0.15) is 15.1 Å². The first-order valence-electron chi connectivity index (χ1n) is 25.4. The number of esters is 1. The van der Waals surface area contributed by atoms with Crippen LogP contribution in [0.25, 0.3) is 11.0 Å². The zero-order valence-corrected chi connectivity index (χ0v) is 44.5. The van der Waals surface area contributed by atoms with Gasteiger partial charge in [-0.05, 0) is 42.7 Å². The largest absolute Gasteiger partial charge is 0.420 e. The summed E-state index contributed by atoms with van der Waals surface area (Å²) in [7, 11) is -4.43. The number of fused-ring (bicyclic) bond motifs is 1. The molecule has 26 nitrogen and oxygen atoms in total. The predicted octanol–water partition coefficient (Wildman–Crippen LogP) is 2.35. The maximum absolute atomic E-state index is 13.6. The number of benzene rings is 1. The highest BCUT2D eigenvalue weighted by atomic mass is 35.5. The van der Waals surface area contributed by atoms with E-state index in [1.54, 1.807) is 17.1 Å². The van der Waals surface area contributed by atoms with E-state index in [9.17, 15) is 32.7 Å². The number of anilines is 1. The lowest BCUT2D eigenvalue weighted by molar-refractivity contribution is -0.136. The molecule has 1 spiro atoms. The van der Waals surface area contributed by atoms with E-state index in [2.05, 4.69) is 35.0 Å². The number of halogens is 4.